The third-order valence-electron chi connectivity index (χ3n) is 2.77. The lowest BCUT2D eigenvalue weighted by Crippen LogP contribution is -2.24. The van der Waals surface area contributed by atoms with Crippen LogP contribution in [-0.2, 0) is 6.42 Å². The van der Waals surface area contributed by atoms with Crippen LogP contribution in [0.2, 0.25) is 0 Å². The molecule has 15 heavy (non-hydrogen) atoms. The van der Waals surface area contributed by atoms with Crippen molar-refractivity contribution < 1.29 is 0 Å². The second kappa shape index (κ2) is 6.29. The van der Waals surface area contributed by atoms with E-state index in [9.17, 15) is 0 Å². The largest absolute Gasteiger partial charge is 0.317 e. The second-order valence-electron chi connectivity index (χ2n) is 4.33. The van der Waals surface area contributed by atoms with Crippen LogP contribution in [0.5, 0.6) is 0 Å². The summed E-state index contributed by atoms with van der Waals surface area (Å²) >= 11 is 3.59. The molecule has 1 aromatic carbocycles. The van der Waals surface area contributed by atoms with Gasteiger partial charge in [0.1, 0.15) is 0 Å². The molecule has 1 rings (SSSR count). The lowest BCUT2D eigenvalue weighted by molar-refractivity contribution is 0.440. The van der Waals surface area contributed by atoms with Crippen LogP contribution < -0.4 is 5.32 Å². The first-order valence-electron chi connectivity index (χ1n) is 5.54. The molecule has 0 spiro atoms. The number of hydrogen-bond donors (Lipinski definition) is 1. The molecule has 2 atom stereocenters. The fraction of sp³-hybridized carbons (Fsp3) is 0.538. The maximum absolute atomic E-state index is 3.59. The van der Waals surface area contributed by atoms with Crippen LogP contribution in [0.3, 0.4) is 0 Å². The fourth-order valence-corrected chi connectivity index (χ4v) is 2.29. The van der Waals surface area contributed by atoms with Crippen LogP contribution in [0.25, 0.3) is 0 Å². The van der Waals surface area contributed by atoms with E-state index in [1.54, 1.807) is 0 Å². The van der Waals surface area contributed by atoms with Crippen LogP contribution in [0.4, 0.5) is 0 Å². The van der Waals surface area contributed by atoms with E-state index < -0.39 is 0 Å². The number of hydrogen-bond acceptors (Lipinski definition) is 1. The van der Waals surface area contributed by atoms with Gasteiger partial charge >= 0.3 is 0 Å². The highest BCUT2D eigenvalue weighted by Gasteiger charge is 2.09. The minimum Gasteiger partial charge on any atom is -0.317 e. The van der Waals surface area contributed by atoms with Gasteiger partial charge in [-0.25, -0.2) is 0 Å². The molecule has 1 nitrogen and oxygen atoms in total. The first kappa shape index (κ1) is 12.7. The average Bonchev–Trinajstić information content (AvgIpc) is 2.21. The van der Waals surface area contributed by atoms with Crippen molar-refractivity contribution >= 4 is 15.9 Å². The molecule has 0 aromatic heterocycles. The van der Waals surface area contributed by atoms with Crippen molar-refractivity contribution in [1.29, 1.82) is 0 Å². The molecule has 1 N–H and O–H groups in total. The standard InChI is InChI=1S/C13H20BrN/c1-10(8-11(2)15-3)9-12-6-4-5-7-13(12)14/h4-7,10-11,15H,8-9H2,1-3H3. The van der Waals surface area contributed by atoms with Crippen LogP contribution in [-0.4, -0.2) is 13.1 Å². The summed E-state index contributed by atoms with van der Waals surface area (Å²) in [6.07, 6.45) is 2.37. The summed E-state index contributed by atoms with van der Waals surface area (Å²) < 4.78 is 1.23. The summed E-state index contributed by atoms with van der Waals surface area (Å²) in [5.74, 6) is 0.714. The minimum atomic E-state index is 0.600. The molecule has 84 valence electrons. The minimum absolute atomic E-state index is 0.600. The molecular formula is C13H20BrN. The normalized spacial score (nSPS) is 14.9. The Kier molecular flexibility index (Phi) is 5.34. The summed E-state index contributed by atoms with van der Waals surface area (Å²) in [7, 11) is 2.02. The molecule has 2 unspecified atom stereocenters. The first-order chi connectivity index (χ1) is 7.13. The van der Waals surface area contributed by atoms with E-state index in [2.05, 4.69) is 59.4 Å². The predicted octanol–water partition coefficient (Wildman–Crippen LogP) is 3.63. The van der Waals surface area contributed by atoms with E-state index in [1.807, 2.05) is 7.05 Å². The molecule has 0 saturated carbocycles. The Morgan fingerprint density at radius 1 is 1.27 bits per heavy atom. The number of halogens is 1. The smallest absolute Gasteiger partial charge is 0.0207 e. The van der Waals surface area contributed by atoms with Gasteiger partial charge in [0.15, 0.2) is 0 Å². The summed E-state index contributed by atoms with van der Waals surface area (Å²) in [5.41, 5.74) is 1.41. The van der Waals surface area contributed by atoms with Crippen LogP contribution in [0, 0.1) is 5.92 Å². The highest BCUT2D eigenvalue weighted by Crippen LogP contribution is 2.21. The quantitative estimate of drug-likeness (QED) is 0.861. The van der Waals surface area contributed by atoms with E-state index in [4.69, 9.17) is 0 Å². The Morgan fingerprint density at radius 3 is 2.53 bits per heavy atom. The molecule has 0 aliphatic heterocycles. The van der Waals surface area contributed by atoms with Gasteiger partial charge in [0, 0.05) is 10.5 Å². The zero-order valence-corrected chi connectivity index (χ0v) is 11.3. The Bertz CT molecular complexity index is 298. The Hall–Kier alpha value is -0.340. The molecule has 0 fully saturated rings. The van der Waals surface area contributed by atoms with Gasteiger partial charge in [-0.1, -0.05) is 41.1 Å². The van der Waals surface area contributed by atoms with Gasteiger partial charge in [-0.3, -0.25) is 0 Å². The maximum Gasteiger partial charge on any atom is 0.0207 e. The van der Waals surface area contributed by atoms with Gasteiger partial charge in [0.05, 0.1) is 0 Å². The average molecular weight is 270 g/mol. The first-order valence-corrected chi connectivity index (χ1v) is 6.33. The Labute approximate surface area is 101 Å². The van der Waals surface area contributed by atoms with Gasteiger partial charge in [-0.05, 0) is 44.4 Å². The molecule has 1 aromatic rings. The third kappa shape index (κ3) is 4.35. The topological polar surface area (TPSA) is 12.0 Å². The van der Waals surface area contributed by atoms with Crippen molar-refractivity contribution in [2.45, 2.75) is 32.7 Å². The molecule has 0 heterocycles. The van der Waals surface area contributed by atoms with E-state index >= 15 is 0 Å². The van der Waals surface area contributed by atoms with Crippen molar-refractivity contribution in [1.82, 2.24) is 5.32 Å². The van der Waals surface area contributed by atoms with Crippen molar-refractivity contribution in [3.63, 3.8) is 0 Å². The Balaban J connectivity index is 2.51. The van der Waals surface area contributed by atoms with Crippen molar-refractivity contribution in [3.8, 4) is 0 Å². The zero-order valence-electron chi connectivity index (χ0n) is 9.76. The van der Waals surface area contributed by atoms with Gasteiger partial charge in [-0.15, -0.1) is 0 Å². The highest BCUT2D eigenvalue weighted by molar-refractivity contribution is 9.10. The molecule has 2 heteroatoms. The van der Waals surface area contributed by atoms with Crippen molar-refractivity contribution in [2.24, 2.45) is 5.92 Å². The van der Waals surface area contributed by atoms with Gasteiger partial charge in [0.25, 0.3) is 0 Å². The van der Waals surface area contributed by atoms with Gasteiger partial charge in [0.2, 0.25) is 0 Å². The molecule has 0 radical (unpaired) electrons. The Morgan fingerprint density at radius 2 is 1.93 bits per heavy atom. The fourth-order valence-electron chi connectivity index (χ4n) is 1.84. The van der Waals surface area contributed by atoms with Gasteiger partial charge < -0.3 is 5.32 Å². The molecule has 0 aliphatic carbocycles. The van der Waals surface area contributed by atoms with Crippen LogP contribution >= 0.6 is 15.9 Å². The second-order valence-corrected chi connectivity index (χ2v) is 5.18. The number of rotatable bonds is 5. The van der Waals surface area contributed by atoms with Gasteiger partial charge in [-0.2, -0.15) is 0 Å². The summed E-state index contributed by atoms with van der Waals surface area (Å²) in [6.45, 7) is 4.55. The number of nitrogens with one attached hydrogen (secondary N) is 1. The SMILES string of the molecule is CNC(C)CC(C)Cc1ccccc1Br. The third-order valence-corrected chi connectivity index (χ3v) is 3.55. The van der Waals surface area contributed by atoms with Crippen molar-refractivity contribution in [2.75, 3.05) is 7.05 Å². The summed E-state index contributed by atoms with van der Waals surface area (Å²) in [6, 6.07) is 9.08. The summed E-state index contributed by atoms with van der Waals surface area (Å²) in [5, 5.41) is 3.28. The lowest BCUT2D eigenvalue weighted by atomic mass is 9.95. The van der Waals surface area contributed by atoms with Crippen LogP contribution in [0.1, 0.15) is 25.8 Å². The van der Waals surface area contributed by atoms with E-state index in [1.165, 1.54) is 16.5 Å². The molecule has 0 bridgehead atoms. The zero-order chi connectivity index (χ0) is 11.3. The summed E-state index contributed by atoms with van der Waals surface area (Å²) in [4.78, 5) is 0. The lowest BCUT2D eigenvalue weighted by Gasteiger charge is -2.17. The molecular weight excluding hydrogens is 250 g/mol. The monoisotopic (exact) mass is 269 g/mol. The van der Waals surface area contributed by atoms with E-state index in [0.717, 1.165) is 6.42 Å². The number of benzene rings is 1. The molecule has 0 aliphatic rings. The van der Waals surface area contributed by atoms with Crippen LogP contribution in [0.15, 0.2) is 28.7 Å². The highest BCUT2D eigenvalue weighted by atomic mass is 79.9. The molecule has 0 amide bonds. The molecule has 0 saturated heterocycles. The van der Waals surface area contributed by atoms with E-state index in [0.29, 0.717) is 12.0 Å². The van der Waals surface area contributed by atoms with E-state index in [-0.39, 0.29) is 0 Å². The maximum atomic E-state index is 3.59. The van der Waals surface area contributed by atoms with Crippen molar-refractivity contribution in [3.05, 3.63) is 34.3 Å². The predicted molar refractivity (Wildman–Crippen MR) is 70.1 cm³/mol.